The van der Waals surface area contributed by atoms with Gasteiger partial charge >= 0.3 is 0 Å². The number of hydrogen-bond donors (Lipinski definition) is 1. The molecular formula is C14H10N4O2S. The molecule has 21 heavy (non-hydrogen) atoms. The number of furan rings is 1. The van der Waals surface area contributed by atoms with Gasteiger partial charge in [-0.15, -0.1) is 11.3 Å². The van der Waals surface area contributed by atoms with Gasteiger partial charge in [0.2, 0.25) is 11.7 Å². The van der Waals surface area contributed by atoms with Gasteiger partial charge in [0.1, 0.15) is 5.58 Å². The molecule has 0 saturated heterocycles. The first-order valence-corrected chi connectivity index (χ1v) is 7.17. The molecule has 0 saturated carbocycles. The van der Waals surface area contributed by atoms with Crippen LogP contribution in [0.1, 0.15) is 11.6 Å². The van der Waals surface area contributed by atoms with Gasteiger partial charge in [0.15, 0.2) is 10.9 Å². The third kappa shape index (κ3) is 2.27. The van der Waals surface area contributed by atoms with Gasteiger partial charge in [-0.3, -0.25) is 0 Å². The molecular weight excluding hydrogens is 288 g/mol. The summed E-state index contributed by atoms with van der Waals surface area (Å²) in [5.74, 6) is 1.50. The van der Waals surface area contributed by atoms with Crippen molar-refractivity contribution in [2.24, 2.45) is 0 Å². The topological polar surface area (TPSA) is 91.0 Å². The third-order valence-corrected chi connectivity index (χ3v) is 3.74. The van der Waals surface area contributed by atoms with Crippen LogP contribution in [0.5, 0.6) is 0 Å². The van der Waals surface area contributed by atoms with Crippen LogP contribution in [0.4, 0.5) is 5.13 Å². The zero-order valence-electron chi connectivity index (χ0n) is 10.8. The van der Waals surface area contributed by atoms with Gasteiger partial charge in [-0.05, 0) is 12.1 Å². The van der Waals surface area contributed by atoms with Gasteiger partial charge in [0, 0.05) is 10.8 Å². The lowest BCUT2D eigenvalue weighted by Gasteiger charge is -1.87. The lowest BCUT2D eigenvalue weighted by atomic mass is 10.2. The number of nitrogen functional groups attached to an aromatic ring is 1. The molecule has 4 rings (SSSR count). The molecule has 0 unspecified atom stereocenters. The van der Waals surface area contributed by atoms with E-state index < -0.39 is 0 Å². The summed E-state index contributed by atoms with van der Waals surface area (Å²) in [6, 6.07) is 9.64. The van der Waals surface area contributed by atoms with Crippen LogP contribution < -0.4 is 5.73 Å². The lowest BCUT2D eigenvalue weighted by molar-refractivity contribution is 0.384. The minimum absolute atomic E-state index is 0.435. The predicted molar refractivity (Wildman–Crippen MR) is 78.8 cm³/mol. The van der Waals surface area contributed by atoms with Crippen LogP contribution in [0, 0.1) is 0 Å². The lowest BCUT2D eigenvalue weighted by Crippen LogP contribution is -1.90. The monoisotopic (exact) mass is 298 g/mol. The van der Waals surface area contributed by atoms with E-state index in [1.54, 1.807) is 0 Å². The Bertz CT molecular complexity index is 875. The van der Waals surface area contributed by atoms with E-state index in [0.717, 1.165) is 16.7 Å². The molecule has 6 nitrogen and oxygen atoms in total. The quantitative estimate of drug-likeness (QED) is 0.625. The second-order valence-corrected chi connectivity index (χ2v) is 5.40. The molecule has 104 valence electrons. The van der Waals surface area contributed by atoms with Crippen molar-refractivity contribution in [1.29, 1.82) is 0 Å². The van der Waals surface area contributed by atoms with Crippen LogP contribution in [0.3, 0.4) is 0 Å². The van der Waals surface area contributed by atoms with E-state index in [4.69, 9.17) is 14.7 Å². The molecule has 0 bridgehead atoms. The molecule has 2 N–H and O–H groups in total. The number of nitrogens with zero attached hydrogens (tertiary/aromatic N) is 3. The molecule has 4 aromatic rings. The van der Waals surface area contributed by atoms with Crippen molar-refractivity contribution < 1.29 is 8.94 Å². The summed E-state index contributed by atoms with van der Waals surface area (Å²) in [7, 11) is 0. The van der Waals surface area contributed by atoms with Gasteiger partial charge in [-0.2, -0.15) is 4.98 Å². The van der Waals surface area contributed by atoms with E-state index in [9.17, 15) is 0 Å². The summed E-state index contributed by atoms with van der Waals surface area (Å²) < 4.78 is 10.9. The molecule has 0 spiro atoms. The number of nitrogens with two attached hydrogens (primary N) is 1. The van der Waals surface area contributed by atoms with Crippen molar-refractivity contribution >= 4 is 27.4 Å². The Labute approximate surface area is 123 Å². The van der Waals surface area contributed by atoms with E-state index in [1.807, 2.05) is 35.7 Å². The minimum Gasteiger partial charge on any atom is -0.453 e. The average Bonchev–Trinajstić information content (AvgIpc) is 3.18. The van der Waals surface area contributed by atoms with Gasteiger partial charge in [-0.25, -0.2) is 4.98 Å². The zero-order chi connectivity index (χ0) is 14.2. The highest BCUT2D eigenvalue weighted by Crippen LogP contribution is 2.26. The Morgan fingerprint density at radius 1 is 1.19 bits per heavy atom. The standard InChI is InChI=1S/C14H10N4O2S/c15-14-16-9(7-21-14)6-12-17-13(18-20-12)11-5-8-3-1-2-4-10(8)19-11/h1-5,7H,6H2,(H2,15,16). The molecule has 0 aliphatic heterocycles. The normalized spacial score (nSPS) is 11.2. The van der Waals surface area contributed by atoms with Gasteiger partial charge in [0.25, 0.3) is 0 Å². The number of anilines is 1. The first-order chi connectivity index (χ1) is 10.3. The van der Waals surface area contributed by atoms with Crippen molar-refractivity contribution in [2.45, 2.75) is 6.42 Å². The molecule has 1 aromatic carbocycles. The number of thiazole rings is 1. The van der Waals surface area contributed by atoms with E-state index >= 15 is 0 Å². The Morgan fingerprint density at radius 3 is 2.90 bits per heavy atom. The average molecular weight is 298 g/mol. The molecule has 0 fully saturated rings. The number of benzene rings is 1. The first-order valence-electron chi connectivity index (χ1n) is 6.29. The SMILES string of the molecule is Nc1nc(Cc2nc(-c3cc4ccccc4o3)no2)cs1. The van der Waals surface area contributed by atoms with Gasteiger partial charge in [-0.1, -0.05) is 23.4 Å². The molecule has 7 heteroatoms. The molecule has 0 amide bonds. The Balaban J connectivity index is 1.64. The van der Waals surface area contributed by atoms with Crippen molar-refractivity contribution in [3.63, 3.8) is 0 Å². The summed E-state index contributed by atoms with van der Waals surface area (Å²) in [5.41, 5.74) is 7.21. The number of fused-ring (bicyclic) bond motifs is 1. The van der Waals surface area contributed by atoms with Crippen LogP contribution >= 0.6 is 11.3 Å². The van der Waals surface area contributed by atoms with Crippen LogP contribution in [0.25, 0.3) is 22.6 Å². The van der Waals surface area contributed by atoms with Crippen molar-refractivity contribution in [1.82, 2.24) is 15.1 Å². The largest absolute Gasteiger partial charge is 0.453 e. The number of para-hydroxylation sites is 1. The maximum atomic E-state index is 5.70. The second kappa shape index (κ2) is 4.71. The van der Waals surface area contributed by atoms with E-state index in [0.29, 0.717) is 29.0 Å². The summed E-state index contributed by atoms with van der Waals surface area (Å²) in [5, 5.41) is 7.36. The van der Waals surface area contributed by atoms with Gasteiger partial charge < -0.3 is 14.7 Å². The van der Waals surface area contributed by atoms with Crippen LogP contribution in [0.15, 0.2) is 44.7 Å². The van der Waals surface area contributed by atoms with Crippen LogP contribution in [-0.2, 0) is 6.42 Å². The second-order valence-electron chi connectivity index (χ2n) is 4.51. The fourth-order valence-corrected chi connectivity index (χ4v) is 2.64. The summed E-state index contributed by atoms with van der Waals surface area (Å²) in [4.78, 5) is 8.50. The first kappa shape index (κ1) is 12.1. The van der Waals surface area contributed by atoms with Crippen LogP contribution in [-0.4, -0.2) is 15.1 Å². The highest BCUT2D eigenvalue weighted by molar-refractivity contribution is 7.13. The van der Waals surface area contributed by atoms with E-state index in [-0.39, 0.29) is 0 Å². The summed E-state index contributed by atoms with van der Waals surface area (Å²) >= 11 is 1.39. The zero-order valence-corrected chi connectivity index (χ0v) is 11.6. The number of rotatable bonds is 3. The minimum atomic E-state index is 0.435. The van der Waals surface area contributed by atoms with Crippen LogP contribution in [0.2, 0.25) is 0 Å². The Morgan fingerprint density at radius 2 is 2.10 bits per heavy atom. The maximum Gasteiger partial charge on any atom is 0.238 e. The Kier molecular flexibility index (Phi) is 2.71. The summed E-state index contributed by atoms with van der Waals surface area (Å²) in [6.45, 7) is 0. The van der Waals surface area contributed by atoms with Crippen molar-refractivity contribution in [3.05, 3.63) is 47.3 Å². The highest BCUT2D eigenvalue weighted by Gasteiger charge is 2.14. The predicted octanol–water partition coefficient (Wildman–Crippen LogP) is 3.11. The third-order valence-electron chi connectivity index (χ3n) is 3.02. The van der Waals surface area contributed by atoms with E-state index in [1.165, 1.54) is 11.3 Å². The molecule has 3 aromatic heterocycles. The molecule has 0 aliphatic rings. The van der Waals surface area contributed by atoms with E-state index in [2.05, 4.69) is 15.1 Å². The Hall–Kier alpha value is -2.67. The molecule has 0 atom stereocenters. The fourth-order valence-electron chi connectivity index (χ4n) is 2.08. The highest BCUT2D eigenvalue weighted by atomic mass is 32.1. The number of aromatic nitrogens is 3. The molecule has 0 aliphatic carbocycles. The maximum absolute atomic E-state index is 5.70. The molecule has 0 radical (unpaired) electrons. The smallest absolute Gasteiger partial charge is 0.238 e. The number of hydrogen-bond acceptors (Lipinski definition) is 7. The molecule has 3 heterocycles. The summed E-state index contributed by atoms with van der Waals surface area (Å²) in [6.07, 6.45) is 0.459. The van der Waals surface area contributed by atoms with Crippen molar-refractivity contribution in [3.8, 4) is 11.6 Å². The van der Waals surface area contributed by atoms with Gasteiger partial charge in [0.05, 0.1) is 12.1 Å². The van der Waals surface area contributed by atoms with Crippen molar-refractivity contribution in [2.75, 3.05) is 5.73 Å². The fraction of sp³-hybridized carbons (Fsp3) is 0.0714.